The van der Waals surface area contributed by atoms with E-state index < -0.39 is 11.7 Å². The van der Waals surface area contributed by atoms with Gasteiger partial charge in [0.05, 0.1) is 0 Å². The number of anilines is 1. The number of benzene rings is 1. The number of amides is 1. The number of ether oxygens (including phenoxy) is 2. The van der Waals surface area contributed by atoms with E-state index in [2.05, 4.69) is 5.92 Å². The molecule has 4 nitrogen and oxygen atoms in total. The van der Waals surface area contributed by atoms with Crippen LogP contribution in [0.25, 0.3) is 0 Å². The van der Waals surface area contributed by atoms with Gasteiger partial charge in [-0.25, -0.2) is 4.79 Å². The molecular formula is C15H19NO3. The molecule has 0 aromatic heterocycles. The highest BCUT2D eigenvalue weighted by molar-refractivity contribution is 5.87. The molecule has 1 rings (SSSR count). The lowest BCUT2D eigenvalue weighted by atomic mass is 10.2. The zero-order valence-corrected chi connectivity index (χ0v) is 11.8. The van der Waals surface area contributed by atoms with E-state index in [0.29, 0.717) is 5.75 Å². The highest BCUT2D eigenvalue weighted by atomic mass is 16.6. The molecule has 4 heteroatoms. The van der Waals surface area contributed by atoms with Crippen LogP contribution in [0.4, 0.5) is 10.5 Å². The molecule has 19 heavy (non-hydrogen) atoms. The molecule has 1 aromatic carbocycles. The number of carbonyl (C=O) groups excluding carboxylic acids is 1. The number of carbonyl (C=O) groups is 1. The average Bonchev–Trinajstić information content (AvgIpc) is 2.34. The highest BCUT2D eigenvalue weighted by Gasteiger charge is 2.20. The number of terminal acetylenes is 1. The molecule has 0 radical (unpaired) electrons. The molecule has 0 saturated carbocycles. The molecule has 0 saturated heterocycles. The first-order valence-electron chi connectivity index (χ1n) is 5.96. The second-order valence-corrected chi connectivity index (χ2v) is 5.03. The Bertz CT molecular complexity index is 466. The second kappa shape index (κ2) is 6.14. The first kappa shape index (κ1) is 14.9. The van der Waals surface area contributed by atoms with Crippen molar-refractivity contribution >= 4 is 11.8 Å². The van der Waals surface area contributed by atoms with Gasteiger partial charge in [-0.2, -0.15) is 0 Å². The van der Waals surface area contributed by atoms with Crippen molar-refractivity contribution in [3.05, 3.63) is 24.3 Å². The molecule has 0 N–H and O–H groups in total. The van der Waals surface area contributed by atoms with Crippen molar-refractivity contribution in [2.75, 3.05) is 18.6 Å². The van der Waals surface area contributed by atoms with E-state index in [4.69, 9.17) is 15.9 Å². The smallest absolute Gasteiger partial charge is 0.414 e. The average molecular weight is 261 g/mol. The van der Waals surface area contributed by atoms with E-state index in [-0.39, 0.29) is 6.61 Å². The fourth-order valence-corrected chi connectivity index (χ4v) is 1.33. The number of nitrogens with zero attached hydrogens (tertiary/aromatic N) is 1. The van der Waals surface area contributed by atoms with Crippen LogP contribution in [0.5, 0.6) is 5.75 Å². The van der Waals surface area contributed by atoms with Gasteiger partial charge in [0, 0.05) is 12.7 Å². The summed E-state index contributed by atoms with van der Waals surface area (Å²) in [5.74, 6) is 3.06. The molecule has 0 bridgehead atoms. The zero-order valence-electron chi connectivity index (χ0n) is 11.8. The van der Waals surface area contributed by atoms with Gasteiger partial charge in [-0.3, -0.25) is 4.90 Å². The van der Waals surface area contributed by atoms with E-state index in [1.807, 2.05) is 20.8 Å². The lowest BCUT2D eigenvalue weighted by Crippen LogP contribution is -2.34. The fraction of sp³-hybridized carbons (Fsp3) is 0.400. The molecule has 0 spiro atoms. The second-order valence-electron chi connectivity index (χ2n) is 5.03. The van der Waals surface area contributed by atoms with E-state index in [1.54, 1.807) is 31.3 Å². The van der Waals surface area contributed by atoms with Crippen molar-refractivity contribution < 1.29 is 14.3 Å². The minimum atomic E-state index is -0.513. The predicted molar refractivity (Wildman–Crippen MR) is 75.4 cm³/mol. The maximum absolute atomic E-state index is 11.9. The largest absolute Gasteiger partial charge is 0.481 e. The fourth-order valence-electron chi connectivity index (χ4n) is 1.33. The van der Waals surface area contributed by atoms with E-state index in [1.165, 1.54) is 4.90 Å². The van der Waals surface area contributed by atoms with Crippen LogP contribution in [0.3, 0.4) is 0 Å². The van der Waals surface area contributed by atoms with Crippen molar-refractivity contribution in [2.45, 2.75) is 26.4 Å². The molecule has 0 aliphatic rings. The van der Waals surface area contributed by atoms with E-state index in [9.17, 15) is 4.79 Å². The third-order valence-electron chi connectivity index (χ3n) is 2.21. The highest BCUT2D eigenvalue weighted by Crippen LogP contribution is 2.20. The predicted octanol–water partition coefficient (Wildman–Crippen LogP) is 3.07. The van der Waals surface area contributed by atoms with Gasteiger partial charge in [-0.1, -0.05) is 5.92 Å². The number of rotatable bonds is 3. The Kier molecular flexibility index (Phi) is 4.82. The summed E-state index contributed by atoms with van der Waals surface area (Å²) >= 11 is 0. The molecule has 0 aliphatic heterocycles. The molecule has 0 unspecified atom stereocenters. The molecule has 0 heterocycles. The molecule has 0 aliphatic carbocycles. The SMILES string of the molecule is C#CCOc1ccc(N(C)C(=O)OC(C)(C)C)cc1. The molecule has 0 fully saturated rings. The molecular weight excluding hydrogens is 242 g/mol. The van der Waals surface area contributed by atoms with Gasteiger partial charge >= 0.3 is 6.09 Å². The summed E-state index contributed by atoms with van der Waals surface area (Å²) in [4.78, 5) is 13.3. The maximum atomic E-state index is 11.9. The van der Waals surface area contributed by atoms with Gasteiger partial charge in [-0.05, 0) is 45.0 Å². The minimum Gasteiger partial charge on any atom is -0.481 e. The monoisotopic (exact) mass is 261 g/mol. The molecule has 102 valence electrons. The maximum Gasteiger partial charge on any atom is 0.414 e. The van der Waals surface area contributed by atoms with Crippen molar-refractivity contribution in [1.29, 1.82) is 0 Å². The lowest BCUT2D eigenvalue weighted by Gasteiger charge is -2.24. The normalized spacial score (nSPS) is 10.5. The van der Waals surface area contributed by atoms with E-state index >= 15 is 0 Å². The molecule has 1 amide bonds. The van der Waals surface area contributed by atoms with Crippen molar-refractivity contribution in [2.24, 2.45) is 0 Å². The van der Waals surface area contributed by atoms with Crippen LogP contribution in [0.2, 0.25) is 0 Å². The Labute approximate surface area is 114 Å². The van der Waals surface area contributed by atoms with Gasteiger partial charge in [0.15, 0.2) is 0 Å². The van der Waals surface area contributed by atoms with Crippen LogP contribution in [0.15, 0.2) is 24.3 Å². The summed E-state index contributed by atoms with van der Waals surface area (Å²) in [6.45, 7) is 5.71. The van der Waals surface area contributed by atoms with Crippen molar-refractivity contribution in [3.8, 4) is 18.1 Å². The summed E-state index contributed by atoms with van der Waals surface area (Å²) in [6.07, 6.45) is 4.71. The third kappa shape index (κ3) is 4.92. The quantitative estimate of drug-likeness (QED) is 0.785. The Morgan fingerprint density at radius 2 is 1.89 bits per heavy atom. The van der Waals surface area contributed by atoms with Gasteiger partial charge in [-0.15, -0.1) is 6.42 Å². The third-order valence-corrected chi connectivity index (χ3v) is 2.21. The Balaban J connectivity index is 2.70. The molecule has 0 atom stereocenters. The van der Waals surface area contributed by atoms with Crippen LogP contribution in [-0.2, 0) is 4.74 Å². The number of hydrogen-bond donors (Lipinski definition) is 0. The first-order valence-corrected chi connectivity index (χ1v) is 5.96. The van der Waals surface area contributed by atoms with Crippen LogP contribution >= 0.6 is 0 Å². The Morgan fingerprint density at radius 3 is 2.37 bits per heavy atom. The lowest BCUT2D eigenvalue weighted by molar-refractivity contribution is 0.0589. The topological polar surface area (TPSA) is 38.8 Å². The van der Waals surface area contributed by atoms with Gasteiger partial charge < -0.3 is 9.47 Å². The van der Waals surface area contributed by atoms with Gasteiger partial charge in [0.25, 0.3) is 0 Å². The summed E-state index contributed by atoms with van der Waals surface area (Å²) in [7, 11) is 1.66. The van der Waals surface area contributed by atoms with Crippen LogP contribution in [0, 0.1) is 12.3 Å². The first-order chi connectivity index (χ1) is 8.83. The van der Waals surface area contributed by atoms with Gasteiger partial charge in [0.1, 0.15) is 18.0 Å². The Morgan fingerprint density at radius 1 is 1.32 bits per heavy atom. The van der Waals surface area contributed by atoms with Crippen LogP contribution in [-0.4, -0.2) is 25.3 Å². The van der Waals surface area contributed by atoms with Crippen molar-refractivity contribution in [3.63, 3.8) is 0 Å². The summed E-state index contributed by atoms with van der Waals surface area (Å²) in [6, 6.07) is 7.06. The molecule has 1 aromatic rings. The summed E-state index contributed by atoms with van der Waals surface area (Å²) in [5, 5.41) is 0. The Hall–Kier alpha value is -2.15. The zero-order chi connectivity index (χ0) is 14.5. The minimum absolute atomic E-state index is 0.223. The van der Waals surface area contributed by atoms with E-state index in [0.717, 1.165) is 5.69 Å². The summed E-state index contributed by atoms with van der Waals surface area (Å²) in [5.41, 5.74) is 0.212. The summed E-state index contributed by atoms with van der Waals surface area (Å²) < 4.78 is 10.5. The van der Waals surface area contributed by atoms with Crippen LogP contribution < -0.4 is 9.64 Å². The van der Waals surface area contributed by atoms with Crippen molar-refractivity contribution in [1.82, 2.24) is 0 Å². The number of hydrogen-bond acceptors (Lipinski definition) is 3. The van der Waals surface area contributed by atoms with Gasteiger partial charge in [0.2, 0.25) is 0 Å². The van der Waals surface area contributed by atoms with Crippen LogP contribution in [0.1, 0.15) is 20.8 Å². The standard InChI is InChI=1S/C15H19NO3/c1-6-11-18-13-9-7-12(8-10-13)16(5)14(17)19-15(2,3)4/h1,7-10H,11H2,2-5H3.